The fourth-order valence-corrected chi connectivity index (χ4v) is 1.59. The summed E-state index contributed by atoms with van der Waals surface area (Å²) in [7, 11) is 1.49. The van der Waals surface area contributed by atoms with E-state index in [1.807, 2.05) is 25.1 Å². The first-order chi connectivity index (χ1) is 9.21. The van der Waals surface area contributed by atoms with Crippen LogP contribution in [-0.2, 0) is 6.54 Å². The number of aryl methyl sites for hydroxylation is 1. The average Bonchev–Trinajstić information content (AvgIpc) is 2.44. The van der Waals surface area contributed by atoms with E-state index < -0.39 is 0 Å². The molecule has 1 aromatic heterocycles. The number of nitrogens with one attached hydrogen (secondary N) is 2. The number of rotatable bonds is 5. The quantitative estimate of drug-likeness (QED) is 0.546. The fourth-order valence-electron chi connectivity index (χ4n) is 1.59. The van der Waals surface area contributed by atoms with E-state index >= 15 is 0 Å². The van der Waals surface area contributed by atoms with E-state index in [2.05, 4.69) is 31.8 Å². The summed E-state index contributed by atoms with van der Waals surface area (Å²) in [4.78, 5) is 12.1. The van der Waals surface area contributed by atoms with Gasteiger partial charge in [0.2, 0.25) is 11.9 Å². The Morgan fingerprint density at radius 3 is 2.68 bits per heavy atom. The Bertz CT molecular complexity index is 537. The first kappa shape index (κ1) is 13.0. The zero-order valence-electron chi connectivity index (χ0n) is 10.8. The standard InChI is InChI=1S/C12H16N6O/c1-8-4-3-5-9(6-8)7-14-10-15-11(18-13)17-12(16-10)19-2/h3-6H,7,13H2,1-2H3,(H2,14,15,16,17,18). The van der Waals surface area contributed by atoms with E-state index in [-0.39, 0.29) is 12.0 Å². The van der Waals surface area contributed by atoms with Crippen molar-refractivity contribution in [3.8, 4) is 6.01 Å². The summed E-state index contributed by atoms with van der Waals surface area (Å²) in [5.41, 5.74) is 4.71. The molecule has 19 heavy (non-hydrogen) atoms. The van der Waals surface area contributed by atoms with Crippen molar-refractivity contribution < 1.29 is 4.74 Å². The predicted molar refractivity (Wildman–Crippen MR) is 72.7 cm³/mol. The summed E-state index contributed by atoms with van der Waals surface area (Å²) in [6.45, 7) is 2.66. The number of benzene rings is 1. The minimum absolute atomic E-state index is 0.203. The largest absolute Gasteiger partial charge is 0.467 e. The monoisotopic (exact) mass is 260 g/mol. The average molecular weight is 260 g/mol. The molecule has 7 nitrogen and oxygen atoms in total. The van der Waals surface area contributed by atoms with E-state index in [9.17, 15) is 0 Å². The van der Waals surface area contributed by atoms with E-state index in [0.29, 0.717) is 12.5 Å². The highest BCUT2D eigenvalue weighted by Gasteiger charge is 2.05. The normalized spacial score (nSPS) is 10.1. The van der Waals surface area contributed by atoms with Gasteiger partial charge in [0.05, 0.1) is 7.11 Å². The molecule has 100 valence electrons. The van der Waals surface area contributed by atoms with Gasteiger partial charge in [0.15, 0.2) is 0 Å². The van der Waals surface area contributed by atoms with Crippen molar-refractivity contribution in [3.63, 3.8) is 0 Å². The zero-order chi connectivity index (χ0) is 13.7. The van der Waals surface area contributed by atoms with Gasteiger partial charge in [0.25, 0.3) is 0 Å². The topological polar surface area (TPSA) is 98.0 Å². The fraction of sp³-hybridized carbons (Fsp3) is 0.250. The number of methoxy groups -OCH3 is 1. The molecule has 2 rings (SSSR count). The minimum Gasteiger partial charge on any atom is -0.467 e. The van der Waals surface area contributed by atoms with Gasteiger partial charge in [-0.25, -0.2) is 5.84 Å². The lowest BCUT2D eigenvalue weighted by atomic mass is 10.1. The zero-order valence-corrected chi connectivity index (χ0v) is 10.8. The van der Waals surface area contributed by atoms with Crippen LogP contribution >= 0.6 is 0 Å². The number of hydrogen-bond donors (Lipinski definition) is 3. The lowest BCUT2D eigenvalue weighted by molar-refractivity contribution is 0.379. The molecule has 4 N–H and O–H groups in total. The molecule has 0 aliphatic carbocycles. The molecule has 0 saturated heterocycles. The summed E-state index contributed by atoms with van der Waals surface area (Å²) >= 11 is 0. The highest BCUT2D eigenvalue weighted by molar-refractivity contribution is 5.36. The van der Waals surface area contributed by atoms with Crippen LogP contribution in [0.2, 0.25) is 0 Å². The molecular formula is C12H16N6O. The molecule has 0 amide bonds. The number of hydrogen-bond acceptors (Lipinski definition) is 7. The molecule has 0 aliphatic heterocycles. The molecule has 0 fully saturated rings. The van der Waals surface area contributed by atoms with E-state index in [1.165, 1.54) is 12.7 Å². The Balaban J connectivity index is 2.10. The van der Waals surface area contributed by atoms with Crippen LogP contribution in [0.15, 0.2) is 24.3 Å². The Labute approximate surface area is 111 Å². The Morgan fingerprint density at radius 2 is 2.00 bits per heavy atom. The maximum Gasteiger partial charge on any atom is 0.322 e. The Kier molecular flexibility index (Phi) is 4.09. The molecule has 1 heterocycles. The van der Waals surface area contributed by atoms with Crippen molar-refractivity contribution in [1.82, 2.24) is 15.0 Å². The molecule has 7 heteroatoms. The van der Waals surface area contributed by atoms with E-state index in [1.54, 1.807) is 0 Å². The van der Waals surface area contributed by atoms with Crippen molar-refractivity contribution in [1.29, 1.82) is 0 Å². The summed E-state index contributed by atoms with van der Waals surface area (Å²) in [6, 6.07) is 8.38. The maximum absolute atomic E-state index is 5.28. The SMILES string of the molecule is COc1nc(NN)nc(NCc2cccc(C)c2)n1. The van der Waals surface area contributed by atoms with Gasteiger partial charge in [0, 0.05) is 6.54 Å². The van der Waals surface area contributed by atoms with E-state index in [4.69, 9.17) is 10.6 Å². The number of nitrogens with zero attached hydrogens (tertiary/aromatic N) is 3. The van der Waals surface area contributed by atoms with Gasteiger partial charge in [-0.05, 0) is 12.5 Å². The molecule has 0 unspecified atom stereocenters. The maximum atomic E-state index is 5.28. The van der Waals surface area contributed by atoms with Gasteiger partial charge in [0.1, 0.15) is 0 Å². The van der Waals surface area contributed by atoms with Gasteiger partial charge in [-0.2, -0.15) is 15.0 Å². The third kappa shape index (κ3) is 3.52. The summed E-state index contributed by atoms with van der Waals surface area (Å²) in [5.74, 6) is 5.94. The van der Waals surface area contributed by atoms with Crippen LogP contribution in [0.5, 0.6) is 6.01 Å². The van der Waals surface area contributed by atoms with Crippen molar-refractivity contribution in [2.24, 2.45) is 5.84 Å². The van der Waals surface area contributed by atoms with Crippen LogP contribution in [-0.4, -0.2) is 22.1 Å². The second-order valence-corrected chi connectivity index (χ2v) is 3.96. The first-order valence-electron chi connectivity index (χ1n) is 5.77. The first-order valence-corrected chi connectivity index (χ1v) is 5.77. The molecule has 0 atom stereocenters. The molecule has 0 aliphatic rings. The highest BCUT2D eigenvalue weighted by Crippen LogP contribution is 2.11. The lowest BCUT2D eigenvalue weighted by Crippen LogP contribution is -2.14. The van der Waals surface area contributed by atoms with Crippen molar-refractivity contribution in [2.75, 3.05) is 17.9 Å². The predicted octanol–water partition coefficient (Wildman–Crippen LogP) is 1.09. The molecule has 2 aromatic rings. The number of hydrazine groups is 1. The van der Waals surface area contributed by atoms with Crippen LogP contribution in [0.1, 0.15) is 11.1 Å². The van der Waals surface area contributed by atoms with Crippen molar-refractivity contribution in [3.05, 3.63) is 35.4 Å². The second kappa shape index (κ2) is 5.96. The lowest BCUT2D eigenvalue weighted by Gasteiger charge is -2.08. The van der Waals surface area contributed by atoms with Gasteiger partial charge in [-0.15, -0.1) is 0 Å². The summed E-state index contributed by atoms with van der Waals surface area (Å²) in [6.07, 6.45) is 0. The van der Waals surface area contributed by atoms with Crippen molar-refractivity contribution in [2.45, 2.75) is 13.5 Å². The molecule has 0 radical (unpaired) electrons. The molecule has 0 spiro atoms. The van der Waals surface area contributed by atoms with Crippen LogP contribution in [0, 0.1) is 6.92 Å². The smallest absolute Gasteiger partial charge is 0.322 e. The number of nitrogens with two attached hydrogens (primary N) is 1. The van der Waals surface area contributed by atoms with Crippen LogP contribution in [0.4, 0.5) is 11.9 Å². The molecule has 0 bridgehead atoms. The van der Waals surface area contributed by atoms with Gasteiger partial charge >= 0.3 is 6.01 Å². The highest BCUT2D eigenvalue weighted by atomic mass is 16.5. The molecule has 0 saturated carbocycles. The van der Waals surface area contributed by atoms with Crippen LogP contribution in [0.3, 0.4) is 0 Å². The summed E-state index contributed by atoms with van der Waals surface area (Å²) < 4.78 is 4.97. The van der Waals surface area contributed by atoms with Crippen molar-refractivity contribution >= 4 is 11.9 Å². The molecular weight excluding hydrogens is 244 g/mol. The van der Waals surface area contributed by atoms with Gasteiger partial charge in [-0.3, -0.25) is 5.43 Å². The number of ether oxygens (including phenoxy) is 1. The minimum atomic E-state index is 0.203. The Hall–Kier alpha value is -2.41. The molecule has 1 aromatic carbocycles. The van der Waals surface area contributed by atoms with E-state index in [0.717, 1.165) is 5.56 Å². The number of nitrogen functional groups attached to an aromatic ring is 1. The number of aromatic nitrogens is 3. The van der Waals surface area contributed by atoms with Gasteiger partial charge in [-0.1, -0.05) is 29.8 Å². The van der Waals surface area contributed by atoms with Crippen LogP contribution in [0.25, 0.3) is 0 Å². The summed E-state index contributed by atoms with van der Waals surface area (Å²) in [5, 5.41) is 3.10. The third-order valence-electron chi connectivity index (χ3n) is 2.46. The van der Waals surface area contributed by atoms with Crippen LogP contribution < -0.4 is 21.3 Å². The number of anilines is 2. The third-order valence-corrected chi connectivity index (χ3v) is 2.46. The Morgan fingerprint density at radius 1 is 1.21 bits per heavy atom. The van der Waals surface area contributed by atoms with Gasteiger partial charge < -0.3 is 10.1 Å². The second-order valence-electron chi connectivity index (χ2n) is 3.96.